The Morgan fingerprint density at radius 3 is 2.74 bits per heavy atom. The number of pyridine rings is 1. The molecule has 0 spiro atoms. The molecule has 1 aromatic heterocycles. The highest BCUT2D eigenvalue weighted by molar-refractivity contribution is 5.82. The van der Waals surface area contributed by atoms with Crippen molar-refractivity contribution >= 4 is 16.8 Å². The summed E-state index contributed by atoms with van der Waals surface area (Å²) in [6, 6.07) is 8.99. The summed E-state index contributed by atoms with van der Waals surface area (Å²) < 4.78 is 7.87. The van der Waals surface area contributed by atoms with E-state index in [0.29, 0.717) is 18.5 Å². The second-order valence-corrected chi connectivity index (χ2v) is 7.52. The minimum atomic E-state index is -0.0110. The van der Waals surface area contributed by atoms with Crippen molar-refractivity contribution in [3.63, 3.8) is 0 Å². The molecular weight excluding hydrogens is 342 g/mol. The van der Waals surface area contributed by atoms with E-state index in [9.17, 15) is 9.59 Å². The highest BCUT2D eigenvalue weighted by Gasteiger charge is 2.25. The molecule has 1 amide bonds. The topological polar surface area (TPSA) is 54.8 Å². The molecular formula is C21H27N3O3. The van der Waals surface area contributed by atoms with Crippen LogP contribution in [0.1, 0.15) is 19.3 Å². The lowest BCUT2D eigenvalue weighted by molar-refractivity contribution is -0.132. The number of carbonyl (C=O) groups is 1. The second-order valence-electron chi connectivity index (χ2n) is 7.52. The number of carbonyl (C=O) groups excluding carboxylic acids is 1. The van der Waals surface area contributed by atoms with Gasteiger partial charge in [0.15, 0.2) is 5.43 Å². The monoisotopic (exact) mass is 369 g/mol. The highest BCUT2D eigenvalue weighted by Crippen LogP contribution is 2.14. The molecule has 6 nitrogen and oxygen atoms in total. The van der Waals surface area contributed by atoms with Crippen molar-refractivity contribution in [3.8, 4) is 0 Å². The van der Waals surface area contributed by atoms with E-state index < -0.39 is 0 Å². The van der Waals surface area contributed by atoms with Crippen LogP contribution in [0.15, 0.2) is 41.3 Å². The van der Waals surface area contributed by atoms with Crippen molar-refractivity contribution in [2.24, 2.45) is 0 Å². The van der Waals surface area contributed by atoms with Crippen LogP contribution in [-0.2, 0) is 16.1 Å². The molecule has 2 aliphatic heterocycles. The zero-order valence-corrected chi connectivity index (χ0v) is 15.7. The van der Waals surface area contributed by atoms with E-state index in [1.54, 1.807) is 6.20 Å². The van der Waals surface area contributed by atoms with Gasteiger partial charge in [-0.1, -0.05) is 12.1 Å². The Balaban J connectivity index is 1.47. The third-order valence-corrected chi connectivity index (χ3v) is 5.55. The van der Waals surface area contributed by atoms with Crippen LogP contribution < -0.4 is 5.43 Å². The van der Waals surface area contributed by atoms with Crippen molar-refractivity contribution in [1.82, 2.24) is 14.4 Å². The maximum Gasteiger partial charge on any atom is 0.242 e. The fourth-order valence-corrected chi connectivity index (χ4v) is 4.13. The zero-order valence-electron chi connectivity index (χ0n) is 15.7. The molecule has 0 bridgehead atoms. The number of nitrogens with zero attached hydrogens (tertiary/aromatic N) is 3. The quantitative estimate of drug-likeness (QED) is 0.823. The normalized spacial score (nSPS) is 21.5. The van der Waals surface area contributed by atoms with Crippen molar-refractivity contribution in [2.75, 3.05) is 39.3 Å². The van der Waals surface area contributed by atoms with Crippen LogP contribution in [0, 0.1) is 0 Å². The molecule has 1 aromatic carbocycles. The molecule has 2 aromatic rings. The number of likely N-dealkylation sites (tertiary alicyclic amines) is 1. The van der Waals surface area contributed by atoms with Gasteiger partial charge in [0.2, 0.25) is 5.91 Å². The standard InChI is InChI=1S/C21H27N3O3/c25-20-8-12-23(19-7-2-1-6-18(19)20)16-21(26)24-11-5-13-27-17(15-24)14-22-9-3-4-10-22/h1-2,6-8,12,17H,3-5,9-11,13-16H2/t17-/m0/s1. The molecule has 3 heterocycles. The summed E-state index contributed by atoms with van der Waals surface area (Å²) >= 11 is 0. The smallest absolute Gasteiger partial charge is 0.242 e. The van der Waals surface area contributed by atoms with Crippen molar-refractivity contribution in [3.05, 3.63) is 46.8 Å². The Kier molecular flexibility index (Phi) is 5.55. The molecule has 2 saturated heterocycles. The minimum Gasteiger partial charge on any atom is -0.375 e. The van der Waals surface area contributed by atoms with Crippen LogP contribution in [-0.4, -0.2) is 65.7 Å². The summed E-state index contributed by atoms with van der Waals surface area (Å²) in [4.78, 5) is 29.4. The van der Waals surface area contributed by atoms with Crippen LogP contribution in [0.25, 0.3) is 10.9 Å². The molecule has 2 aliphatic rings. The first kappa shape index (κ1) is 18.2. The van der Waals surface area contributed by atoms with E-state index in [1.807, 2.05) is 33.7 Å². The predicted molar refractivity (Wildman–Crippen MR) is 105 cm³/mol. The number of para-hydroxylation sites is 1. The lowest BCUT2D eigenvalue weighted by Crippen LogP contribution is -2.43. The van der Waals surface area contributed by atoms with E-state index in [0.717, 1.165) is 38.1 Å². The van der Waals surface area contributed by atoms with E-state index >= 15 is 0 Å². The molecule has 0 unspecified atom stereocenters. The average molecular weight is 369 g/mol. The van der Waals surface area contributed by atoms with Crippen molar-refractivity contribution < 1.29 is 9.53 Å². The number of amides is 1. The maximum atomic E-state index is 13.0. The molecule has 0 aliphatic carbocycles. The van der Waals surface area contributed by atoms with Gasteiger partial charge in [-0.3, -0.25) is 9.59 Å². The Morgan fingerprint density at radius 2 is 1.89 bits per heavy atom. The number of hydrogen-bond acceptors (Lipinski definition) is 4. The van der Waals surface area contributed by atoms with E-state index in [1.165, 1.54) is 18.9 Å². The van der Waals surface area contributed by atoms with Gasteiger partial charge in [0.25, 0.3) is 0 Å². The van der Waals surface area contributed by atoms with E-state index in [-0.39, 0.29) is 24.0 Å². The average Bonchev–Trinajstić information content (AvgIpc) is 3.08. The van der Waals surface area contributed by atoms with Crippen molar-refractivity contribution in [2.45, 2.75) is 31.9 Å². The number of fused-ring (bicyclic) bond motifs is 1. The van der Waals surface area contributed by atoms with Gasteiger partial charge in [-0.25, -0.2) is 0 Å². The molecule has 0 saturated carbocycles. The Morgan fingerprint density at radius 1 is 1.07 bits per heavy atom. The largest absolute Gasteiger partial charge is 0.375 e. The summed E-state index contributed by atoms with van der Waals surface area (Å²) in [6.45, 7) is 5.51. The predicted octanol–water partition coefficient (Wildman–Crippen LogP) is 1.71. The second kappa shape index (κ2) is 8.23. The van der Waals surface area contributed by atoms with Crippen molar-refractivity contribution in [1.29, 1.82) is 0 Å². The molecule has 6 heteroatoms. The number of hydrogen-bond donors (Lipinski definition) is 0. The van der Waals surface area contributed by atoms with Crippen LogP contribution >= 0.6 is 0 Å². The fourth-order valence-electron chi connectivity index (χ4n) is 4.13. The summed E-state index contributed by atoms with van der Waals surface area (Å²) in [5.41, 5.74) is 0.793. The van der Waals surface area contributed by atoms with Crippen LogP contribution in [0.2, 0.25) is 0 Å². The van der Waals surface area contributed by atoms with Gasteiger partial charge in [-0.05, 0) is 44.5 Å². The zero-order chi connectivity index (χ0) is 18.6. The first-order valence-corrected chi connectivity index (χ1v) is 9.90. The lowest BCUT2D eigenvalue weighted by atomic mass is 10.2. The minimum absolute atomic E-state index is 0.0110. The molecule has 27 heavy (non-hydrogen) atoms. The summed E-state index contributed by atoms with van der Waals surface area (Å²) in [7, 11) is 0. The van der Waals surface area contributed by atoms with Crippen LogP contribution in [0.3, 0.4) is 0 Å². The van der Waals surface area contributed by atoms with Gasteiger partial charge in [-0.15, -0.1) is 0 Å². The SMILES string of the molecule is O=C(Cn1ccc(=O)c2ccccc21)N1CCCO[C@@H](CN2CCCC2)C1. The molecule has 1 atom stereocenters. The van der Waals surface area contributed by atoms with Gasteiger partial charge < -0.3 is 19.1 Å². The Hall–Kier alpha value is -2.18. The van der Waals surface area contributed by atoms with Crippen LogP contribution in [0.4, 0.5) is 0 Å². The third-order valence-electron chi connectivity index (χ3n) is 5.55. The molecule has 2 fully saturated rings. The third kappa shape index (κ3) is 4.22. The molecule has 4 rings (SSSR count). The molecule has 144 valence electrons. The molecule has 0 N–H and O–H groups in total. The number of rotatable bonds is 4. The first-order valence-electron chi connectivity index (χ1n) is 9.90. The number of ether oxygens (including phenoxy) is 1. The summed E-state index contributed by atoms with van der Waals surface area (Å²) in [5.74, 6) is 0.0840. The van der Waals surface area contributed by atoms with E-state index in [4.69, 9.17) is 4.74 Å². The van der Waals surface area contributed by atoms with E-state index in [2.05, 4.69) is 4.90 Å². The summed E-state index contributed by atoms with van der Waals surface area (Å²) in [6.07, 6.45) is 5.19. The van der Waals surface area contributed by atoms with Crippen LogP contribution in [0.5, 0.6) is 0 Å². The lowest BCUT2D eigenvalue weighted by Gasteiger charge is -2.27. The van der Waals surface area contributed by atoms with Gasteiger partial charge in [0, 0.05) is 43.9 Å². The van der Waals surface area contributed by atoms with Gasteiger partial charge in [-0.2, -0.15) is 0 Å². The Bertz CT molecular complexity index is 857. The highest BCUT2D eigenvalue weighted by atomic mass is 16.5. The number of benzene rings is 1. The summed E-state index contributed by atoms with van der Waals surface area (Å²) in [5, 5.41) is 0.652. The Labute approximate surface area is 159 Å². The molecule has 0 radical (unpaired) electrons. The van der Waals surface area contributed by atoms with Gasteiger partial charge in [0.05, 0.1) is 11.6 Å². The first-order chi connectivity index (χ1) is 13.2. The fraction of sp³-hybridized carbons (Fsp3) is 0.524. The van der Waals surface area contributed by atoms with Gasteiger partial charge in [0.1, 0.15) is 6.54 Å². The van der Waals surface area contributed by atoms with Gasteiger partial charge >= 0.3 is 0 Å². The number of aromatic nitrogens is 1. The maximum absolute atomic E-state index is 13.0.